The van der Waals surface area contributed by atoms with E-state index in [-0.39, 0.29) is 17.2 Å². The lowest BCUT2D eigenvalue weighted by molar-refractivity contribution is -0.252. The zero-order valence-corrected chi connectivity index (χ0v) is 14.1. The van der Waals surface area contributed by atoms with Crippen molar-refractivity contribution in [1.82, 2.24) is 9.97 Å². The maximum absolute atomic E-state index is 13.3. The van der Waals surface area contributed by atoms with E-state index in [4.69, 9.17) is 0 Å². The Bertz CT molecular complexity index is 1010. The number of benzene rings is 2. The maximum atomic E-state index is 13.3. The van der Waals surface area contributed by atoms with Gasteiger partial charge in [0.2, 0.25) is 5.95 Å². The minimum absolute atomic E-state index is 0.0192. The molecule has 28 heavy (non-hydrogen) atoms. The molecule has 0 saturated heterocycles. The van der Waals surface area contributed by atoms with Gasteiger partial charge < -0.3 is 10.1 Å². The molecule has 5 nitrogen and oxygen atoms in total. The molecule has 0 amide bonds. The molecule has 3 rings (SSSR count). The van der Waals surface area contributed by atoms with Crippen LogP contribution >= 0.6 is 0 Å². The average Bonchev–Trinajstić information content (AvgIpc) is 2.70. The molecular formula is C19H12F4N4O. The molecule has 0 saturated carbocycles. The first-order valence-corrected chi connectivity index (χ1v) is 7.94. The van der Waals surface area contributed by atoms with Crippen molar-refractivity contribution in [3.63, 3.8) is 0 Å². The minimum atomic E-state index is -4.65. The number of nitrogens with zero attached hydrogens (tertiary/aromatic N) is 3. The highest BCUT2D eigenvalue weighted by atomic mass is 19.3. The fraction of sp³-hybridized carbons (Fsp3) is 0.105. The molecular weight excluding hydrogens is 376 g/mol. The predicted octanol–water partition coefficient (Wildman–Crippen LogP) is 5.00. The van der Waals surface area contributed by atoms with E-state index in [0.717, 1.165) is 6.07 Å². The number of nitrogens with one attached hydrogen (secondary N) is 1. The predicted molar refractivity (Wildman–Crippen MR) is 93.5 cm³/mol. The normalized spacial score (nSPS) is 11.1. The van der Waals surface area contributed by atoms with E-state index in [1.165, 1.54) is 24.4 Å². The van der Waals surface area contributed by atoms with Gasteiger partial charge in [0.1, 0.15) is 11.8 Å². The van der Waals surface area contributed by atoms with Crippen molar-refractivity contribution in [2.24, 2.45) is 0 Å². The summed E-state index contributed by atoms with van der Waals surface area (Å²) in [5.74, 6) is -0.517. The topological polar surface area (TPSA) is 70.8 Å². The van der Waals surface area contributed by atoms with Crippen molar-refractivity contribution < 1.29 is 22.3 Å². The Kier molecular flexibility index (Phi) is 5.40. The van der Waals surface area contributed by atoms with Gasteiger partial charge in [-0.25, -0.2) is 9.97 Å². The number of aromatic nitrogens is 2. The van der Waals surface area contributed by atoms with Crippen LogP contribution in [0.4, 0.5) is 29.2 Å². The number of hydrogen-bond donors (Lipinski definition) is 1. The molecule has 0 fully saturated rings. The lowest BCUT2D eigenvalue weighted by Crippen LogP contribution is -2.33. The van der Waals surface area contributed by atoms with Gasteiger partial charge in [-0.1, -0.05) is 42.5 Å². The molecule has 0 aliphatic heterocycles. The van der Waals surface area contributed by atoms with Crippen molar-refractivity contribution in [2.45, 2.75) is 12.5 Å². The molecule has 1 heterocycles. The summed E-state index contributed by atoms with van der Waals surface area (Å²) in [5.41, 5.74) is 1.16. The van der Waals surface area contributed by atoms with Crippen LogP contribution in [0.3, 0.4) is 0 Å². The molecule has 1 aromatic heterocycles. The third kappa shape index (κ3) is 4.17. The molecule has 0 unspecified atom stereocenters. The molecule has 0 radical (unpaired) electrons. The van der Waals surface area contributed by atoms with E-state index < -0.39 is 18.3 Å². The number of nitriles is 1. The van der Waals surface area contributed by atoms with Gasteiger partial charge in [0, 0.05) is 5.56 Å². The van der Waals surface area contributed by atoms with Crippen LogP contribution in [0.25, 0.3) is 11.3 Å². The second kappa shape index (κ2) is 7.92. The monoisotopic (exact) mass is 388 g/mol. The summed E-state index contributed by atoms with van der Waals surface area (Å²) in [6.45, 7) is 0. The number of hydrogen-bond acceptors (Lipinski definition) is 5. The number of para-hydroxylation sites is 2. The first-order valence-electron chi connectivity index (χ1n) is 7.94. The number of anilines is 2. The van der Waals surface area contributed by atoms with Crippen LogP contribution in [-0.4, -0.2) is 22.5 Å². The van der Waals surface area contributed by atoms with E-state index >= 15 is 0 Å². The summed E-state index contributed by atoms with van der Waals surface area (Å²) in [4.78, 5) is 8.21. The molecule has 3 aromatic rings. The summed E-state index contributed by atoms with van der Waals surface area (Å²) >= 11 is 0. The molecule has 0 spiro atoms. The molecule has 2 aromatic carbocycles. The molecule has 0 bridgehead atoms. The van der Waals surface area contributed by atoms with Crippen molar-refractivity contribution in [2.75, 3.05) is 5.32 Å². The van der Waals surface area contributed by atoms with Crippen LogP contribution < -0.4 is 10.1 Å². The Balaban J connectivity index is 1.94. The second-order valence-electron chi connectivity index (χ2n) is 5.52. The van der Waals surface area contributed by atoms with Gasteiger partial charge in [0.15, 0.2) is 0 Å². The zero-order chi connectivity index (χ0) is 20.1. The van der Waals surface area contributed by atoms with Gasteiger partial charge >= 0.3 is 12.5 Å². The van der Waals surface area contributed by atoms with Crippen molar-refractivity contribution in [3.8, 4) is 23.1 Å². The average molecular weight is 388 g/mol. The number of rotatable bonds is 6. The molecule has 1 N–H and O–H groups in total. The van der Waals surface area contributed by atoms with E-state index in [0.29, 0.717) is 11.3 Å². The highest BCUT2D eigenvalue weighted by molar-refractivity contribution is 5.69. The second-order valence-corrected chi connectivity index (χ2v) is 5.52. The Morgan fingerprint density at radius 1 is 1.04 bits per heavy atom. The maximum Gasteiger partial charge on any atom is 0.461 e. The first-order chi connectivity index (χ1) is 13.4. The van der Waals surface area contributed by atoms with E-state index in [9.17, 15) is 22.8 Å². The fourth-order valence-electron chi connectivity index (χ4n) is 2.31. The lowest BCUT2D eigenvalue weighted by atomic mass is 10.1. The summed E-state index contributed by atoms with van der Waals surface area (Å²) in [7, 11) is 0. The SMILES string of the molecule is N#Cc1cnc(Nc2ccccc2OC(F)(F)C(F)F)nc1-c1ccccc1. The molecule has 9 heteroatoms. The third-order valence-corrected chi connectivity index (χ3v) is 3.59. The van der Waals surface area contributed by atoms with Gasteiger partial charge in [-0.05, 0) is 12.1 Å². The Morgan fingerprint density at radius 2 is 1.71 bits per heavy atom. The largest absolute Gasteiger partial charge is 0.461 e. The van der Waals surface area contributed by atoms with Crippen molar-refractivity contribution >= 4 is 11.6 Å². The van der Waals surface area contributed by atoms with Crippen LogP contribution in [0.2, 0.25) is 0 Å². The first kappa shape index (κ1) is 19.1. The highest BCUT2D eigenvalue weighted by Crippen LogP contribution is 2.34. The summed E-state index contributed by atoms with van der Waals surface area (Å²) < 4.78 is 55.6. The molecule has 0 atom stereocenters. The van der Waals surface area contributed by atoms with Gasteiger partial charge in [-0.2, -0.15) is 22.8 Å². The Labute approximate surface area is 157 Å². The van der Waals surface area contributed by atoms with Crippen LogP contribution in [0, 0.1) is 11.3 Å². The van der Waals surface area contributed by atoms with Gasteiger partial charge in [-0.3, -0.25) is 0 Å². The minimum Gasteiger partial charge on any atom is -0.426 e. The standard InChI is InChI=1S/C19H12F4N4O/c20-17(21)19(22,23)28-15-9-5-4-8-14(15)26-18-25-11-13(10-24)16(27-18)12-6-2-1-3-7-12/h1-9,11,17H,(H,25,26,27). The Hall–Kier alpha value is -3.67. The number of halogens is 4. The van der Waals surface area contributed by atoms with E-state index in [1.807, 2.05) is 6.07 Å². The van der Waals surface area contributed by atoms with Crippen molar-refractivity contribution in [1.29, 1.82) is 5.26 Å². The molecule has 142 valence electrons. The smallest absolute Gasteiger partial charge is 0.426 e. The van der Waals surface area contributed by atoms with Crippen LogP contribution in [0.15, 0.2) is 60.8 Å². The third-order valence-electron chi connectivity index (χ3n) is 3.59. The summed E-state index contributed by atoms with van der Waals surface area (Å²) in [5, 5.41) is 11.9. The Morgan fingerprint density at radius 3 is 2.39 bits per heavy atom. The fourth-order valence-corrected chi connectivity index (χ4v) is 2.31. The molecule has 0 aliphatic carbocycles. The van der Waals surface area contributed by atoms with Gasteiger partial charge in [0.05, 0.1) is 23.1 Å². The van der Waals surface area contributed by atoms with E-state index in [1.54, 1.807) is 30.3 Å². The summed E-state index contributed by atoms with van der Waals surface area (Å²) in [6.07, 6.45) is -7.37. The highest BCUT2D eigenvalue weighted by Gasteiger charge is 2.44. The van der Waals surface area contributed by atoms with Gasteiger partial charge in [-0.15, -0.1) is 0 Å². The van der Waals surface area contributed by atoms with Crippen LogP contribution in [0.1, 0.15) is 5.56 Å². The van der Waals surface area contributed by atoms with Gasteiger partial charge in [0.25, 0.3) is 0 Å². The summed E-state index contributed by atoms with van der Waals surface area (Å²) in [6, 6.07) is 16.1. The lowest BCUT2D eigenvalue weighted by Gasteiger charge is -2.19. The molecule has 0 aliphatic rings. The quantitative estimate of drug-likeness (QED) is 0.602. The van der Waals surface area contributed by atoms with E-state index in [2.05, 4.69) is 20.0 Å². The van der Waals surface area contributed by atoms with Crippen LogP contribution in [-0.2, 0) is 0 Å². The number of alkyl halides is 4. The van der Waals surface area contributed by atoms with Crippen LogP contribution in [0.5, 0.6) is 5.75 Å². The number of ether oxygens (including phenoxy) is 1. The van der Waals surface area contributed by atoms with Crippen molar-refractivity contribution in [3.05, 3.63) is 66.4 Å². The zero-order valence-electron chi connectivity index (χ0n) is 14.1.